The van der Waals surface area contributed by atoms with E-state index in [4.69, 9.17) is 5.14 Å². The first-order valence-electron chi connectivity index (χ1n) is 5.71. The molecule has 0 spiro atoms. The van der Waals surface area contributed by atoms with E-state index in [-0.39, 0.29) is 20.7 Å². The van der Waals surface area contributed by atoms with Gasteiger partial charge in [0.05, 0.1) is 11.3 Å². The molecule has 2 atom stereocenters. The summed E-state index contributed by atoms with van der Waals surface area (Å²) in [4.78, 5) is 11.2. The molecule has 0 bridgehead atoms. The zero-order chi connectivity index (χ0) is 15.3. The Hall–Kier alpha value is -0.970. The molecule has 1 unspecified atom stereocenters. The second-order valence-electron chi connectivity index (χ2n) is 4.70. The number of amides is 1. The van der Waals surface area contributed by atoms with E-state index in [1.165, 1.54) is 19.9 Å². The van der Waals surface area contributed by atoms with Crippen LogP contribution in [0.3, 0.4) is 0 Å². The molecule has 7 nitrogen and oxygen atoms in total. The van der Waals surface area contributed by atoms with Crippen LogP contribution in [0.2, 0.25) is 0 Å². The first kappa shape index (κ1) is 15.4. The number of carbonyl (C=O) groups excluding carboxylic acids is 1. The van der Waals surface area contributed by atoms with Gasteiger partial charge in [-0.25, -0.2) is 22.0 Å². The van der Waals surface area contributed by atoms with Gasteiger partial charge >= 0.3 is 0 Å². The Morgan fingerprint density at radius 1 is 1.50 bits per heavy atom. The molecule has 0 saturated heterocycles. The molecule has 0 fully saturated rings. The van der Waals surface area contributed by atoms with Crippen LogP contribution in [0.5, 0.6) is 0 Å². The lowest BCUT2D eigenvalue weighted by Gasteiger charge is -2.27. The highest BCUT2D eigenvalue weighted by Crippen LogP contribution is 2.42. The molecule has 2 heterocycles. The first-order chi connectivity index (χ1) is 9.03. The minimum absolute atomic E-state index is 0.0287. The van der Waals surface area contributed by atoms with Gasteiger partial charge in [-0.1, -0.05) is 0 Å². The molecule has 1 amide bonds. The molecule has 1 aliphatic heterocycles. The zero-order valence-electron chi connectivity index (χ0n) is 10.8. The fraction of sp³-hybridized carbons (Fsp3) is 0.500. The van der Waals surface area contributed by atoms with Crippen LogP contribution >= 0.6 is 11.3 Å². The summed E-state index contributed by atoms with van der Waals surface area (Å²) in [6, 6.07) is 0.715. The van der Waals surface area contributed by atoms with Gasteiger partial charge in [0.1, 0.15) is 8.42 Å². The highest BCUT2D eigenvalue weighted by atomic mass is 32.3. The largest absolute Gasteiger partial charge is 0.349 e. The summed E-state index contributed by atoms with van der Waals surface area (Å²) in [6.07, 6.45) is 0.204. The lowest BCUT2D eigenvalue weighted by molar-refractivity contribution is -0.119. The number of rotatable bonds is 2. The van der Waals surface area contributed by atoms with E-state index in [1.807, 2.05) is 0 Å². The molecule has 112 valence electrons. The summed E-state index contributed by atoms with van der Waals surface area (Å²) in [5.41, 5.74) is 0.298. The number of nitrogens with two attached hydrogens (primary N) is 1. The number of carbonyl (C=O) groups is 1. The van der Waals surface area contributed by atoms with Gasteiger partial charge < -0.3 is 5.32 Å². The van der Waals surface area contributed by atoms with Crippen LogP contribution < -0.4 is 10.5 Å². The molecule has 0 aliphatic carbocycles. The van der Waals surface area contributed by atoms with Crippen molar-refractivity contribution in [2.45, 2.75) is 40.0 Å². The van der Waals surface area contributed by atoms with Crippen LogP contribution in [0.4, 0.5) is 0 Å². The Bertz CT molecular complexity index is 763. The van der Waals surface area contributed by atoms with Gasteiger partial charge in [0.2, 0.25) is 15.9 Å². The average molecular weight is 338 g/mol. The van der Waals surface area contributed by atoms with Gasteiger partial charge in [-0.2, -0.15) is 0 Å². The Balaban J connectivity index is 2.64. The second kappa shape index (κ2) is 4.79. The van der Waals surface area contributed by atoms with Crippen molar-refractivity contribution in [1.82, 2.24) is 5.32 Å². The number of hydrogen-bond acceptors (Lipinski definition) is 6. The molecule has 2 rings (SSSR count). The number of sulfonamides is 1. The number of thiophene rings is 1. The third kappa shape index (κ3) is 2.60. The number of hydrogen-bond donors (Lipinski definition) is 2. The maximum atomic E-state index is 12.2. The standard InChI is InChI=1S/C10H14N2O5S3/c1-5-3-8(12-6(2)13)7-4-9(20(11,16)17)18-10(7)19(5,14)15/h4-5,8H,3H2,1-2H3,(H,12,13)(H2,11,16,17)/t5-,8?/m0/s1. The van der Waals surface area contributed by atoms with Crippen molar-refractivity contribution in [3.05, 3.63) is 11.6 Å². The van der Waals surface area contributed by atoms with Crippen LogP contribution in [0.25, 0.3) is 0 Å². The first-order valence-corrected chi connectivity index (χ1v) is 9.62. The summed E-state index contributed by atoms with van der Waals surface area (Å²) < 4.78 is 47.0. The normalized spacial score (nSPS) is 24.9. The Kier molecular flexibility index (Phi) is 3.70. The summed E-state index contributed by atoms with van der Waals surface area (Å²) in [6.45, 7) is 2.85. The maximum absolute atomic E-state index is 12.2. The number of fused-ring (bicyclic) bond motifs is 1. The number of sulfone groups is 1. The minimum Gasteiger partial charge on any atom is -0.349 e. The molecular weight excluding hydrogens is 324 g/mol. The van der Waals surface area contributed by atoms with E-state index in [2.05, 4.69) is 5.32 Å². The summed E-state index contributed by atoms with van der Waals surface area (Å²) in [7, 11) is -7.56. The van der Waals surface area contributed by atoms with Crippen LogP contribution in [-0.2, 0) is 24.7 Å². The van der Waals surface area contributed by atoms with E-state index in [9.17, 15) is 21.6 Å². The average Bonchev–Trinajstić information content (AvgIpc) is 2.70. The van der Waals surface area contributed by atoms with E-state index >= 15 is 0 Å². The Labute approximate surface area is 121 Å². The van der Waals surface area contributed by atoms with Crippen molar-refractivity contribution in [2.24, 2.45) is 5.14 Å². The van der Waals surface area contributed by atoms with Crippen molar-refractivity contribution in [2.75, 3.05) is 0 Å². The third-order valence-corrected chi connectivity index (χ3v) is 8.41. The lowest BCUT2D eigenvalue weighted by Crippen LogP contribution is -2.35. The summed E-state index contributed by atoms with van der Waals surface area (Å²) in [5, 5.41) is 6.98. The molecule has 0 radical (unpaired) electrons. The molecule has 10 heteroatoms. The second-order valence-corrected chi connectivity index (χ2v) is 10.1. The maximum Gasteiger partial charge on any atom is 0.247 e. The topological polar surface area (TPSA) is 123 Å². The van der Waals surface area contributed by atoms with Gasteiger partial charge in [-0.15, -0.1) is 11.3 Å². The monoisotopic (exact) mass is 338 g/mol. The van der Waals surface area contributed by atoms with Crippen molar-refractivity contribution in [3.63, 3.8) is 0 Å². The van der Waals surface area contributed by atoms with Crippen molar-refractivity contribution < 1.29 is 21.6 Å². The van der Waals surface area contributed by atoms with Gasteiger partial charge in [0.25, 0.3) is 0 Å². The quantitative estimate of drug-likeness (QED) is 0.794. The highest BCUT2D eigenvalue weighted by molar-refractivity contribution is 7.95. The van der Waals surface area contributed by atoms with E-state index in [1.54, 1.807) is 0 Å². The van der Waals surface area contributed by atoms with Crippen molar-refractivity contribution in [3.8, 4) is 0 Å². The minimum atomic E-state index is -3.98. The van der Waals surface area contributed by atoms with Crippen molar-refractivity contribution in [1.29, 1.82) is 0 Å². The highest BCUT2D eigenvalue weighted by Gasteiger charge is 2.39. The predicted molar refractivity (Wildman–Crippen MR) is 73.5 cm³/mol. The SMILES string of the molecule is CC(=O)NC1C[C@H](C)S(=O)(=O)c2sc(S(N)(=O)=O)cc21. The molecule has 1 aromatic heterocycles. The molecule has 1 aliphatic rings. The predicted octanol–water partition coefficient (Wildman–Crippen LogP) is 0.139. The van der Waals surface area contributed by atoms with E-state index in [0.717, 1.165) is 0 Å². The molecule has 0 aromatic carbocycles. The van der Waals surface area contributed by atoms with Crippen LogP contribution in [0, 0.1) is 0 Å². The molecule has 1 aromatic rings. The number of primary sulfonamides is 1. The summed E-state index contributed by atoms with van der Waals surface area (Å²) >= 11 is 0.632. The Morgan fingerprint density at radius 3 is 2.60 bits per heavy atom. The molecule has 3 N–H and O–H groups in total. The number of nitrogens with one attached hydrogen (secondary N) is 1. The zero-order valence-corrected chi connectivity index (χ0v) is 13.2. The van der Waals surface area contributed by atoms with Crippen LogP contribution in [0.15, 0.2) is 14.5 Å². The van der Waals surface area contributed by atoms with Gasteiger partial charge in [-0.05, 0) is 19.4 Å². The van der Waals surface area contributed by atoms with E-state index in [0.29, 0.717) is 16.9 Å². The fourth-order valence-corrected chi connectivity index (χ4v) is 6.54. The van der Waals surface area contributed by atoms with Gasteiger partial charge in [0, 0.05) is 12.5 Å². The van der Waals surface area contributed by atoms with Crippen molar-refractivity contribution >= 4 is 37.1 Å². The fourth-order valence-electron chi connectivity index (χ4n) is 2.12. The Morgan fingerprint density at radius 2 is 2.10 bits per heavy atom. The molecule has 20 heavy (non-hydrogen) atoms. The van der Waals surface area contributed by atoms with Gasteiger partial charge in [-0.3, -0.25) is 4.79 Å². The third-order valence-electron chi connectivity index (χ3n) is 3.09. The molecule has 0 saturated carbocycles. The molecular formula is C10H14N2O5S3. The lowest BCUT2D eigenvalue weighted by atomic mass is 10.1. The smallest absolute Gasteiger partial charge is 0.247 e. The van der Waals surface area contributed by atoms with Gasteiger partial charge in [0.15, 0.2) is 9.84 Å². The van der Waals surface area contributed by atoms with Crippen LogP contribution in [-0.4, -0.2) is 28.0 Å². The van der Waals surface area contributed by atoms with E-state index < -0.39 is 31.2 Å². The van der Waals surface area contributed by atoms with Crippen LogP contribution in [0.1, 0.15) is 31.9 Å². The summed E-state index contributed by atoms with van der Waals surface area (Å²) in [5.74, 6) is -0.309.